The summed E-state index contributed by atoms with van der Waals surface area (Å²) in [4.78, 5) is 5.46. The fourth-order valence-corrected chi connectivity index (χ4v) is 3.55. The van der Waals surface area contributed by atoms with Gasteiger partial charge in [-0.05, 0) is 70.6 Å². The van der Waals surface area contributed by atoms with Gasteiger partial charge in [-0.2, -0.15) is 0 Å². The van der Waals surface area contributed by atoms with E-state index in [0.717, 1.165) is 12.0 Å². The van der Waals surface area contributed by atoms with E-state index in [1.807, 2.05) is 0 Å². The summed E-state index contributed by atoms with van der Waals surface area (Å²) >= 11 is 0. The van der Waals surface area contributed by atoms with E-state index in [2.05, 4.69) is 15.1 Å². The summed E-state index contributed by atoms with van der Waals surface area (Å²) in [5.41, 5.74) is 0. The molecule has 1 saturated carbocycles. The van der Waals surface area contributed by atoms with Crippen molar-refractivity contribution < 1.29 is 0 Å². The molecule has 0 aromatic carbocycles. The largest absolute Gasteiger partial charge is 0.316 e. The van der Waals surface area contributed by atoms with Gasteiger partial charge in [0.15, 0.2) is 0 Å². The van der Waals surface area contributed by atoms with E-state index in [-0.39, 0.29) is 0 Å². The third kappa shape index (κ3) is 3.69. The predicted molar refractivity (Wildman–Crippen MR) is 75.9 cm³/mol. The lowest BCUT2D eigenvalue weighted by Crippen LogP contribution is -2.42. The second-order valence-corrected chi connectivity index (χ2v) is 6.49. The zero-order valence-electron chi connectivity index (χ0n) is 11.7. The fourth-order valence-electron chi connectivity index (χ4n) is 3.55. The molecule has 3 heteroatoms. The van der Waals surface area contributed by atoms with Gasteiger partial charge in [-0.25, -0.2) is 0 Å². The van der Waals surface area contributed by atoms with Crippen LogP contribution in [0, 0.1) is 5.92 Å². The van der Waals surface area contributed by atoms with Crippen molar-refractivity contribution in [2.45, 2.75) is 44.6 Å². The molecule has 3 fully saturated rings. The summed E-state index contributed by atoms with van der Waals surface area (Å²) in [6, 6.07) is 0.939. The van der Waals surface area contributed by atoms with Gasteiger partial charge >= 0.3 is 0 Å². The second kappa shape index (κ2) is 6.36. The Kier molecular flexibility index (Phi) is 4.55. The van der Waals surface area contributed by atoms with Crippen molar-refractivity contribution in [1.82, 2.24) is 15.1 Å². The Labute approximate surface area is 112 Å². The first-order valence-corrected chi connectivity index (χ1v) is 8.09. The van der Waals surface area contributed by atoms with Crippen LogP contribution >= 0.6 is 0 Å². The summed E-state index contributed by atoms with van der Waals surface area (Å²) in [7, 11) is 0. The third-order valence-electron chi connectivity index (χ3n) is 4.86. The first-order chi connectivity index (χ1) is 8.92. The van der Waals surface area contributed by atoms with E-state index >= 15 is 0 Å². The number of hydrogen-bond acceptors (Lipinski definition) is 3. The Balaban J connectivity index is 1.42. The molecular weight excluding hydrogens is 222 g/mol. The lowest BCUT2D eigenvalue weighted by Gasteiger charge is -2.31. The van der Waals surface area contributed by atoms with Crippen LogP contribution in [0.5, 0.6) is 0 Å². The van der Waals surface area contributed by atoms with Crippen LogP contribution in [0.4, 0.5) is 0 Å². The van der Waals surface area contributed by atoms with Crippen LogP contribution < -0.4 is 5.32 Å². The molecular formula is C15H29N3. The Hall–Kier alpha value is -0.120. The standard InChI is InChI=1S/C15H29N3/c1-2-9-17(8-1)10-11-18(15-5-6-15)13-14-4-3-7-16-12-14/h14-16H,1-13H2. The Morgan fingerprint density at radius 3 is 2.56 bits per heavy atom. The lowest BCUT2D eigenvalue weighted by molar-refractivity contribution is 0.176. The van der Waals surface area contributed by atoms with Gasteiger partial charge in [0.25, 0.3) is 0 Å². The van der Waals surface area contributed by atoms with Crippen LogP contribution in [0.1, 0.15) is 38.5 Å². The zero-order chi connectivity index (χ0) is 12.2. The molecule has 0 radical (unpaired) electrons. The van der Waals surface area contributed by atoms with E-state index in [0.29, 0.717) is 0 Å². The molecule has 2 saturated heterocycles. The highest BCUT2D eigenvalue weighted by molar-refractivity contribution is 4.87. The Morgan fingerprint density at radius 2 is 1.89 bits per heavy atom. The minimum atomic E-state index is 0.915. The maximum Gasteiger partial charge on any atom is 0.0112 e. The molecule has 2 aliphatic heterocycles. The van der Waals surface area contributed by atoms with Crippen molar-refractivity contribution in [2.24, 2.45) is 5.92 Å². The topological polar surface area (TPSA) is 18.5 Å². The van der Waals surface area contributed by atoms with Crippen molar-refractivity contribution in [3.05, 3.63) is 0 Å². The minimum Gasteiger partial charge on any atom is -0.316 e. The van der Waals surface area contributed by atoms with Crippen LogP contribution in [0.15, 0.2) is 0 Å². The summed E-state index contributed by atoms with van der Waals surface area (Å²) < 4.78 is 0. The summed E-state index contributed by atoms with van der Waals surface area (Å²) in [5.74, 6) is 0.915. The van der Waals surface area contributed by atoms with Crippen LogP contribution in [0.2, 0.25) is 0 Å². The molecule has 18 heavy (non-hydrogen) atoms. The number of likely N-dealkylation sites (tertiary alicyclic amines) is 1. The lowest BCUT2D eigenvalue weighted by atomic mass is 9.99. The van der Waals surface area contributed by atoms with Gasteiger partial charge < -0.3 is 10.2 Å². The van der Waals surface area contributed by atoms with Crippen LogP contribution in [-0.4, -0.2) is 61.7 Å². The zero-order valence-corrected chi connectivity index (χ0v) is 11.7. The van der Waals surface area contributed by atoms with Gasteiger partial charge in [-0.1, -0.05) is 0 Å². The molecule has 0 spiro atoms. The summed E-state index contributed by atoms with van der Waals surface area (Å²) in [6.07, 6.45) is 8.60. The molecule has 1 N–H and O–H groups in total. The Bertz CT molecular complexity index is 240. The predicted octanol–water partition coefficient (Wildman–Crippen LogP) is 1.55. The molecule has 3 aliphatic rings. The second-order valence-electron chi connectivity index (χ2n) is 6.49. The van der Waals surface area contributed by atoms with E-state index in [1.54, 1.807) is 0 Å². The Morgan fingerprint density at radius 1 is 1.06 bits per heavy atom. The van der Waals surface area contributed by atoms with Crippen molar-refractivity contribution in [1.29, 1.82) is 0 Å². The summed E-state index contributed by atoms with van der Waals surface area (Å²) in [5, 5.41) is 3.56. The maximum absolute atomic E-state index is 3.56. The smallest absolute Gasteiger partial charge is 0.0112 e. The maximum atomic E-state index is 3.56. The molecule has 3 rings (SSSR count). The molecule has 1 atom stereocenters. The van der Waals surface area contributed by atoms with Crippen molar-refractivity contribution in [3.63, 3.8) is 0 Å². The first kappa shape index (κ1) is 12.9. The highest BCUT2D eigenvalue weighted by atomic mass is 15.2. The molecule has 0 amide bonds. The molecule has 0 bridgehead atoms. The van der Waals surface area contributed by atoms with Gasteiger partial charge in [-0.15, -0.1) is 0 Å². The molecule has 104 valence electrons. The van der Waals surface area contributed by atoms with Gasteiger partial charge in [-0.3, -0.25) is 4.90 Å². The fraction of sp³-hybridized carbons (Fsp3) is 1.00. The highest BCUT2D eigenvalue weighted by Gasteiger charge is 2.31. The molecule has 0 aromatic rings. The molecule has 0 aromatic heterocycles. The van der Waals surface area contributed by atoms with Gasteiger partial charge in [0.2, 0.25) is 0 Å². The third-order valence-corrected chi connectivity index (χ3v) is 4.86. The van der Waals surface area contributed by atoms with Crippen LogP contribution in [0.3, 0.4) is 0 Å². The van der Waals surface area contributed by atoms with E-state index < -0.39 is 0 Å². The van der Waals surface area contributed by atoms with Crippen molar-refractivity contribution in [3.8, 4) is 0 Å². The normalized spacial score (nSPS) is 30.2. The monoisotopic (exact) mass is 251 g/mol. The summed E-state index contributed by atoms with van der Waals surface area (Å²) in [6.45, 7) is 9.19. The molecule has 1 unspecified atom stereocenters. The van der Waals surface area contributed by atoms with E-state index in [9.17, 15) is 0 Å². The van der Waals surface area contributed by atoms with E-state index in [1.165, 1.54) is 84.3 Å². The molecule has 3 nitrogen and oxygen atoms in total. The van der Waals surface area contributed by atoms with Crippen molar-refractivity contribution in [2.75, 3.05) is 45.8 Å². The number of piperidine rings is 1. The quantitative estimate of drug-likeness (QED) is 0.773. The first-order valence-electron chi connectivity index (χ1n) is 8.09. The molecule has 2 heterocycles. The highest BCUT2D eigenvalue weighted by Crippen LogP contribution is 2.28. The van der Waals surface area contributed by atoms with Crippen LogP contribution in [-0.2, 0) is 0 Å². The average molecular weight is 251 g/mol. The average Bonchev–Trinajstić information content (AvgIpc) is 3.12. The number of nitrogens with one attached hydrogen (secondary N) is 1. The molecule has 1 aliphatic carbocycles. The van der Waals surface area contributed by atoms with Gasteiger partial charge in [0.05, 0.1) is 0 Å². The van der Waals surface area contributed by atoms with Gasteiger partial charge in [0, 0.05) is 25.7 Å². The van der Waals surface area contributed by atoms with E-state index in [4.69, 9.17) is 0 Å². The van der Waals surface area contributed by atoms with Gasteiger partial charge in [0.1, 0.15) is 0 Å². The minimum absolute atomic E-state index is 0.915. The number of nitrogens with zero attached hydrogens (tertiary/aromatic N) is 2. The van der Waals surface area contributed by atoms with Crippen molar-refractivity contribution >= 4 is 0 Å². The number of rotatable bonds is 6. The number of hydrogen-bond donors (Lipinski definition) is 1. The SMILES string of the molecule is C1CNCC(CN(CCN2CCCC2)C2CC2)C1. The van der Waals surface area contributed by atoms with Crippen LogP contribution in [0.25, 0.3) is 0 Å².